The highest BCUT2D eigenvalue weighted by Gasteiger charge is 2.59. The maximum Gasteiger partial charge on any atom is 0.263 e. The Labute approximate surface area is 138 Å². The molecule has 0 radical (unpaired) electrons. The van der Waals surface area contributed by atoms with Crippen LogP contribution < -0.4 is 5.32 Å². The molecular formula is C15H19N5O2S. The van der Waals surface area contributed by atoms with Gasteiger partial charge in [-0.05, 0) is 48.1 Å². The third kappa shape index (κ3) is 2.28. The number of tetrazole rings is 1. The van der Waals surface area contributed by atoms with Gasteiger partial charge in [-0.25, -0.2) is 0 Å². The Kier molecular flexibility index (Phi) is 3.65. The second kappa shape index (κ2) is 5.68. The Bertz CT molecular complexity index is 695. The highest BCUT2D eigenvalue weighted by Crippen LogP contribution is 2.57. The minimum atomic E-state index is -0.0447. The molecule has 23 heavy (non-hydrogen) atoms. The van der Waals surface area contributed by atoms with Crippen LogP contribution in [0.25, 0.3) is 5.69 Å². The van der Waals surface area contributed by atoms with Crippen molar-refractivity contribution in [3.63, 3.8) is 0 Å². The van der Waals surface area contributed by atoms with Crippen molar-refractivity contribution in [2.45, 2.75) is 44.8 Å². The van der Waals surface area contributed by atoms with E-state index in [0.717, 1.165) is 31.6 Å². The van der Waals surface area contributed by atoms with Gasteiger partial charge in [0.2, 0.25) is 0 Å². The summed E-state index contributed by atoms with van der Waals surface area (Å²) in [5.41, 5.74) is 0.888. The first-order chi connectivity index (χ1) is 11.2. The highest BCUT2D eigenvalue weighted by molar-refractivity contribution is 7.12. The molecule has 0 saturated heterocycles. The summed E-state index contributed by atoms with van der Waals surface area (Å²) >= 11 is 1.41. The number of nitrogens with zero attached hydrogens (tertiary/aromatic N) is 4. The van der Waals surface area contributed by atoms with Gasteiger partial charge in [0, 0.05) is 18.1 Å². The van der Waals surface area contributed by atoms with Crippen molar-refractivity contribution in [2.24, 2.45) is 5.41 Å². The van der Waals surface area contributed by atoms with Crippen molar-refractivity contribution < 1.29 is 9.53 Å². The Morgan fingerprint density at radius 3 is 3.09 bits per heavy atom. The first kappa shape index (κ1) is 14.8. The molecule has 7 nitrogen and oxygen atoms in total. The highest BCUT2D eigenvalue weighted by atomic mass is 32.1. The maximum atomic E-state index is 12.7. The van der Waals surface area contributed by atoms with Crippen LogP contribution in [-0.4, -0.2) is 44.9 Å². The van der Waals surface area contributed by atoms with Gasteiger partial charge in [-0.15, -0.1) is 16.4 Å². The summed E-state index contributed by atoms with van der Waals surface area (Å²) in [5.74, 6) is -0.0447. The van der Waals surface area contributed by atoms with Gasteiger partial charge in [0.25, 0.3) is 5.91 Å². The van der Waals surface area contributed by atoms with Gasteiger partial charge in [0.1, 0.15) is 11.2 Å². The van der Waals surface area contributed by atoms with Gasteiger partial charge < -0.3 is 10.1 Å². The number of ether oxygens (including phenoxy) is 1. The summed E-state index contributed by atoms with van der Waals surface area (Å²) < 4.78 is 7.36. The monoisotopic (exact) mass is 333 g/mol. The number of hydrogen-bond acceptors (Lipinski definition) is 6. The van der Waals surface area contributed by atoms with Crippen LogP contribution in [0.15, 0.2) is 17.8 Å². The van der Waals surface area contributed by atoms with E-state index in [-0.39, 0.29) is 17.4 Å². The normalized spacial score (nSPS) is 24.9. The van der Waals surface area contributed by atoms with E-state index in [1.807, 2.05) is 18.4 Å². The Hall–Kier alpha value is -1.80. The molecule has 1 amide bonds. The molecule has 8 heteroatoms. The van der Waals surface area contributed by atoms with Crippen LogP contribution in [0.3, 0.4) is 0 Å². The van der Waals surface area contributed by atoms with E-state index in [0.29, 0.717) is 11.0 Å². The molecule has 0 bridgehead atoms. The number of nitrogens with one attached hydrogen (secondary N) is 1. The zero-order valence-electron chi connectivity index (χ0n) is 12.9. The van der Waals surface area contributed by atoms with Crippen molar-refractivity contribution in [1.29, 1.82) is 0 Å². The molecule has 0 aliphatic heterocycles. The van der Waals surface area contributed by atoms with Gasteiger partial charge in [-0.2, -0.15) is 4.68 Å². The zero-order chi connectivity index (χ0) is 15.9. The van der Waals surface area contributed by atoms with Crippen LogP contribution >= 0.6 is 11.3 Å². The third-order valence-electron chi connectivity index (χ3n) is 5.19. The number of carbonyl (C=O) groups is 1. The van der Waals surface area contributed by atoms with Crippen molar-refractivity contribution in [2.75, 3.05) is 6.61 Å². The van der Waals surface area contributed by atoms with E-state index in [4.69, 9.17) is 4.74 Å². The summed E-state index contributed by atoms with van der Waals surface area (Å²) in [6.45, 7) is 2.77. The van der Waals surface area contributed by atoms with Gasteiger partial charge in [0.15, 0.2) is 0 Å². The zero-order valence-corrected chi connectivity index (χ0v) is 13.8. The smallest absolute Gasteiger partial charge is 0.263 e. The molecule has 2 aliphatic carbocycles. The van der Waals surface area contributed by atoms with E-state index in [1.165, 1.54) is 28.8 Å². The quantitative estimate of drug-likeness (QED) is 0.902. The lowest BCUT2D eigenvalue weighted by Gasteiger charge is -2.60. The predicted octanol–water partition coefficient (Wildman–Crippen LogP) is 1.80. The minimum Gasteiger partial charge on any atom is -0.378 e. The first-order valence-electron chi connectivity index (χ1n) is 7.98. The van der Waals surface area contributed by atoms with E-state index >= 15 is 0 Å². The second-order valence-electron chi connectivity index (χ2n) is 6.18. The number of thiophene rings is 1. The molecule has 0 aromatic carbocycles. The Morgan fingerprint density at radius 2 is 2.43 bits per heavy atom. The average Bonchev–Trinajstić information content (AvgIpc) is 3.14. The largest absolute Gasteiger partial charge is 0.378 e. The van der Waals surface area contributed by atoms with Crippen LogP contribution in [0.4, 0.5) is 0 Å². The molecule has 4 rings (SSSR count). The van der Waals surface area contributed by atoms with Crippen molar-refractivity contribution in [3.05, 3.63) is 22.7 Å². The van der Waals surface area contributed by atoms with Gasteiger partial charge in [-0.3, -0.25) is 4.79 Å². The fourth-order valence-electron chi connectivity index (χ4n) is 3.79. The van der Waals surface area contributed by atoms with Crippen LogP contribution in [0.1, 0.15) is 42.3 Å². The molecule has 2 fully saturated rings. The molecule has 1 N–H and O–H groups in total. The second-order valence-corrected chi connectivity index (χ2v) is 7.10. The standard InChI is InChI=1S/C15H19N5O2S/c1-2-22-12-8-11(15(12)5-3-6-15)17-14(21)13-10(4-7-23-13)20-9-16-18-19-20/h4,7,9,11-12H,2-3,5-6,8H2,1H3,(H,17,21)/t11-,12-/m1/s1. The SMILES string of the molecule is CCO[C@@H]1C[C@@H](NC(=O)c2sccc2-n2cnnn2)C12CCC2. The lowest BCUT2D eigenvalue weighted by molar-refractivity contribution is -0.169. The molecular weight excluding hydrogens is 314 g/mol. The van der Waals surface area contributed by atoms with E-state index < -0.39 is 0 Å². The number of carbonyl (C=O) groups excluding carboxylic acids is 1. The summed E-state index contributed by atoms with van der Waals surface area (Å²) in [6, 6.07) is 2.07. The van der Waals surface area contributed by atoms with Gasteiger partial charge in [0.05, 0.1) is 11.8 Å². The Morgan fingerprint density at radius 1 is 1.57 bits per heavy atom. The van der Waals surface area contributed by atoms with E-state index in [9.17, 15) is 4.79 Å². The van der Waals surface area contributed by atoms with Crippen molar-refractivity contribution >= 4 is 17.2 Å². The van der Waals surface area contributed by atoms with Crippen LogP contribution in [0.5, 0.6) is 0 Å². The Balaban J connectivity index is 1.48. The van der Waals surface area contributed by atoms with Crippen molar-refractivity contribution in [1.82, 2.24) is 25.5 Å². The van der Waals surface area contributed by atoms with Gasteiger partial charge >= 0.3 is 0 Å². The molecule has 0 unspecified atom stereocenters. The number of rotatable bonds is 5. The number of amides is 1. The average molecular weight is 333 g/mol. The molecule has 2 atom stereocenters. The lowest BCUT2D eigenvalue weighted by Crippen LogP contribution is -2.67. The molecule has 2 aromatic rings. The molecule has 2 aromatic heterocycles. The third-order valence-corrected chi connectivity index (χ3v) is 6.09. The minimum absolute atomic E-state index is 0.0447. The van der Waals surface area contributed by atoms with E-state index in [1.54, 1.807) is 0 Å². The van der Waals surface area contributed by atoms with Crippen LogP contribution in [0.2, 0.25) is 0 Å². The number of aromatic nitrogens is 4. The number of hydrogen-bond donors (Lipinski definition) is 1. The predicted molar refractivity (Wildman–Crippen MR) is 84.6 cm³/mol. The van der Waals surface area contributed by atoms with Crippen LogP contribution in [-0.2, 0) is 4.74 Å². The molecule has 2 saturated carbocycles. The summed E-state index contributed by atoms with van der Waals surface area (Å²) in [5, 5.41) is 16.2. The lowest BCUT2D eigenvalue weighted by atomic mass is 9.51. The first-order valence-corrected chi connectivity index (χ1v) is 8.86. The molecule has 1 spiro atoms. The summed E-state index contributed by atoms with van der Waals surface area (Å²) in [4.78, 5) is 13.3. The van der Waals surface area contributed by atoms with Crippen LogP contribution in [0, 0.1) is 5.41 Å². The fourth-order valence-corrected chi connectivity index (χ4v) is 4.57. The topological polar surface area (TPSA) is 81.9 Å². The molecule has 2 heterocycles. The molecule has 122 valence electrons. The fraction of sp³-hybridized carbons (Fsp3) is 0.600. The van der Waals surface area contributed by atoms with E-state index in [2.05, 4.69) is 20.8 Å². The molecule has 2 aliphatic rings. The summed E-state index contributed by atoms with van der Waals surface area (Å²) in [7, 11) is 0. The van der Waals surface area contributed by atoms with Crippen molar-refractivity contribution in [3.8, 4) is 5.69 Å². The maximum absolute atomic E-state index is 12.7. The van der Waals surface area contributed by atoms with Gasteiger partial charge in [-0.1, -0.05) is 6.42 Å². The summed E-state index contributed by atoms with van der Waals surface area (Å²) in [6.07, 6.45) is 6.23.